The van der Waals surface area contributed by atoms with Gasteiger partial charge in [0.1, 0.15) is 5.82 Å². The van der Waals surface area contributed by atoms with E-state index in [1.807, 2.05) is 0 Å². The number of nitrogens with zero attached hydrogens (tertiary/aromatic N) is 3. The van der Waals surface area contributed by atoms with Gasteiger partial charge in [0.15, 0.2) is 4.34 Å². The number of hydrogen-bond donors (Lipinski definition) is 2. The second-order valence-corrected chi connectivity index (χ2v) is 8.15. The zero-order chi connectivity index (χ0) is 20.8. The molecule has 3 rings (SSSR count). The minimum atomic E-state index is -0.508. The van der Waals surface area contributed by atoms with Crippen molar-refractivity contribution in [2.45, 2.75) is 17.8 Å². The van der Waals surface area contributed by atoms with Crippen LogP contribution in [0.2, 0.25) is 0 Å². The molecule has 1 heterocycles. The van der Waals surface area contributed by atoms with Crippen LogP contribution in [0.1, 0.15) is 11.1 Å². The molecule has 0 radical (unpaired) electrons. The summed E-state index contributed by atoms with van der Waals surface area (Å²) in [7, 11) is 0. The molecule has 1 aromatic heterocycles. The lowest BCUT2D eigenvalue weighted by Crippen LogP contribution is -2.15. The molecular formula is C18H16FN5O3S2. The van der Waals surface area contributed by atoms with Gasteiger partial charge < -0.3 is 10.6 Å². The van der Waals surface area contributed by atoms with Gasteiger partial charge in [0.2, 0.25) is 11.0 Å². The first kappa shape index (κ1) is 20.7. The van der Waals surface area contributed by atoms with Crippen LogP contribution >= 0.6 is 23.1 Å². The summed E-state index contributed by atoms with van der Waals surface area (Å²) in [6.45, 7) is 2.24. The summed E-state index contributed by atoms with van der Waals surface area (Å²) in [6, 6.07) is 10.4. The van der Waals surface area contributed by atoms with Crippen molar-refractivity contribution in [1.82, 2.24) is 10.2 Å². The van der Waals surface area contributed by atoms with Gasteiger partial charge in [0.05, 0.1) is 16.4 Å². The molecule has 0 aliphatic rings. The molecule has 0 saturated carbocycles. The number of anilines is 2. The average Bonchev–Trinajstić information content (AvgIpc) is 3.15. The van der Waals surface area contributed by atoms with E-state index in [1.165, 1.54) is 47.4 Å². The van der Waals surface area contributed by atoms with Gasteiger partial charge in [0.25, 0.3) is 5.69 Å². The molecule has 0 spiro atoms. The van der Waals surface area contributed by atoms with Gasteiger partial charge in [-0.15, -0.1) is 10.2 Å². The first-order chi connectivity index (χ1) is 13.9. The SMILES string of the molecule is Cc1ccc([N+](=O)[O-])cc1NC(=O)CSc1nnc(NCc2ccc(F)cc2)s1. The molecule has 0 aliphatic heterocycles. The standard InChI is InChI=1S/C18H16FN5O3S2/c1-11-2-7-14(24(26)27)8-15(11)21-16(25)10-28-18-23-22-17(29-18)20-9-12-3-5-13(19)6-4-12/h2-8H,9-10H2,1H3,(H,20,22)(H,21,25). The Balaban J connectivity index is 1.50. The first-order valence-corrected chi connectivity index (χ1v) is 10.2. The lowest BCUT2D eigenvalue weighted by molar-refractivity contribution is -0.384. The minimum absolute atomic E-state index is 0.0838. The third kappa shape index (κ3) is 5.96. The van der Waals surface area contributed by atoms with Gasteiger partial charge in [-0.2, -0.15) is 0 Å². The van der Waals surface area contributed by atoms with Gasteiger partial charge in [-0.05, 0) is 30.2 Å². The summed E-state index contributed by atoms with van der Waals surface area (Å²) in [5, 5.41) is 25.3. The molecule has 29 heavy (non-hydrogen) atoms. The van der Waals surface area contributed by atoms with Crippen LogP contribution in [0.15, 0.2) is 46.8 Å². The lowest BCUT2D eigenvalue weighted by Gasteiger charge is -2.07. The maximum absolute atomic E-state index is 12.9. The fraction of sp³-hybridized carbons (Fsp3) is 0.167. The van der Waals surface area contributed by atoms with Crippen LogP contribution in [0.3, 0.4) is 0 Å². The van der Waals surface area contributed by atoms with E-state index in [-0.39, 0.29) is 23.2 Å². The Bertz CT molecular complexity index is 1030. The molecule has 1 amide bonds. The summed E-state index contributed by atoms with van der Waals surface area (Å²) < 4.78 is 13.5. The zero-order valence-electron chi connectivity index (χ0n) is 15.2. The number of rotatable bonds is 8. The second kappa shape index (κ2) is 9.43. The Kier molecular flexibility index (Phi) is 6.73. The molecule has 0 saturated heterocycles. The topological polar surface area (TPSA) is 110 Å². The summed E-state index contributed by atoms with van der Waals surface area (Å²) >= 11 is 2.52. The Morgan fingerprint density at radius 2 is 2.00 bits per heavy atom. The van der Waals surface area contributed by atoms with Crippen LogP contribution in [0.25, 0.3) is 0 Å². The van der Waals surface area contributed by atoms with Crippen molar-refractivity contribution in [3.63, 3.8) is 0 Å². The van der Waals surface area contributed by atoms with Gasteiger partial charge in [-0.3, -0.25) is 14.9 Å². The van der Waals surface area contributed by atoms with E-state index in [0.29, 0.717) is 21.7 Å². The first-order valence-electron chi connectivity index (χ1n) is 8.40. The Hall–Kier alpha value is -3.05. The lowest BCUT2D eigenvalue weighted by atomic mass is 10.2. The smallest absolute Gasteiger partial charge is 0.271 e. The number of carbonyl (C=O) groups excluding carboxylic acids is 1. The van der Waals surface area contributed by atoms with Crippen LogP contribution in [-0.2, 0) is 11.3 Å². The molecule has 0 atom stereocenters. The fourth-order valence-electron chi connectivity index (χ4n) is 2.29. The number of amides is 1. The normalized spacial score (nSPS) is 10.6. The Morgan fingerprint density at radius 3 is 2.72 bits per heavy atom. The summed E-state index contributed by atoms with van der Waals surface area (Å²) in [4.78, 5) is 22.5. The second-order valence-electron chi connectivity index (χ2n) is 5.95. The number of aryl methyl sites for hydroxylation is 1. The number of nitro groups is 1. The molecule has 0 unspecified atom stereocenters. The highest BCUT2D eigenvalue weighted by molar-refractivity contribution is 8.01. The molecule has 11 heteroatoms. The van der Waals surface area contributed by atoms with E-state index in [4.69, 9.17) is 0 Å². The molecule has 0 bridgehead atoms. The number of aromatic nitrogens is 2. The molecule has 8 nitrogen and oxygen atoms in total. The van der Waals surface area contributed by atoms with E-state index in [0.717, 1.165) is 11.1 Å². The van der Waals surface area contributed by atoms with Crippen LogP contribution in [0.5, 0.6) is 0 Å². The van der Waals surface area contributed by atoms with Crippen molar-refractivity contribution < 1.29 is 14.1 Å². The number of carbonyl (C=O) groups is 1. The minimum Gasteiger partial charge on any atom is -0.356 e. The number of non-ortho nitro benzene ring substituents is 1. The van der Waals surface area contributed by atoms with Gasteiger partial charge in [-0.25, -0.2) is 4.39 Å². The quantitative estimate of drug-likeness (QED) is 0.311. The van der Waals surface area contributed by atoms with Crippen molar-refractivity contribution in [2.75, 3.05) is 16.4 Å². The van der Waals surface area contributed by atoms with E-state index in [9.17, 15) is 19.3 Å². The van der Waals surface area contributed by atoms with Crippen molar-refractivity contribution in [3.05, 3.63) is 69.5 Å². The van der Waals surface area contributed by atoms with Crippen LogP contribution in [0, 0.1) is 22.9 Å². The predicted molar refractivity (Wildman–Crippen MR) is 111 cm³/mol. The van der Waals surface area contributed by atoms with Gasteiger partial charge in [0, 0.05) is 18.7 Å². The van der Waals surface area contributed by atoms with Crippen molar-refractivity contribution in [2.24, 2.45) is 0 Å². The van der Waals surface area contributed by atoms with E-state index in [1.54, 1.807) is 25.1 Å². The number of benzene rings is 2. The fourth-order valence-corrected chi connectivity index (χ4v) is 3.84. The summed E-state index contributed by atoms with van der Waals surface area (Å²) in [5.41, 5.74) is 1.96. The number of nitro benzene ring substituents is 1. The molecule has 2 aromatic carbocycles. The molecule has 0 fully saturated rings. The predicted octanol–water partition coefficient (Wildman–Crippen LogP) is 4.24. The van der Waals surface area contributed by atoms with Crippen molar-refractivity contribution >= 4 is 45.5 Å². The average molecular weight is 433 g/mol. The van der Waals surface area contributed by atoms with E-state index < -0.39 is 4.92 Å². The monoisotopic (exact) mass is 433 g/mol. The molecular weight excluding hydrogens is 417 g/mol. The molecule has 0 aliphatic carbocycles. The third-order valence-corrected chi connectivity index (χ3v) is 5.81. The van der Waals surface area contributed by atoms with Crippen molar-refractivity contribution in [1.29, 1.82) is 0 Å². The number of hydrogen-bond acceptors (Lipinski definition) is 8. The highest BCUT2D eigenvalue weighted by Crippen LogP contribution is 2.27. The number of thioether (sulfide) groups is 1. The highest BCUT2D eigenvalue weighted by Gasteiger charge is 2.13. The third-order valence-electron chi connectivity index (χ3n) is 3.80. The van der Waals surface area contributed by atoms with Gasteiger partial charge >= 0.3 is 0 Å². The van der Waals surface area contributed by atoms with Crippen molar-refractivity contribution in [3.8, 4) is 0 Å². The number of nitrogens with one attached hydrogen (secondary N) is 2. The van der Waals surface area contributed by atoms with Gasteiger partial charge in [-0.1, -0.05) is 41.3 Å². The zero-order valence-corrected chi connectivity index (χ0v) is 16.8. The summed E-state index contributed by atoms with van der Waals surface area (Å²) in [6.07, 6.45) is 0. The highest BCUT2D eigenvalue weighted by atomic mass is 32.2. The summed E-state index contributed by atoms with van der Waals surface area (Å²) in [5.74, 6) is -0.495. The largest absolute Gasteiger partial charge is 0.356 e. The Labute approximate surface area is 173 Å². The van der Waals surface area contributed by atoms with E-state index in [2.05, 4.69) is 20.8 Å². The maximum atomic E-state index is 12.9. The number of halogens is 1. The van der Waals surface area contributed by atoms with Crippen LogP contribution in [0.4, 0.5) is 20.9 Å². The Morgan fingerprint density at radius 1 is 1.24 bits per heavy atom. The molecule has 2 N–H and O–H groups in total. The van der Waals surface area contributed by atoms with Crippen LogP contribution in [-0.4, -0.2) is 26.8 Å². The van der Waals surface area contributed by atoms with Crippen LogP contribution < -0.4 is 10.6 Å². The van der Waals surface area contributed by atoms with E-state index >= 15 is 0 Å². The molecule has 3 aromatic rings. The molecule has 150 valence electrons. The maximum Gasteiger partial charge on any atom is 0.271 e.